The minimum Gasteiger partial charge on any atom is -0.0836 e. The van der Waals surface area contributed by atoms with Crippen molar-refractivity contribution >= 4 is 14.7 Å². The molecule has 1 aromatic rings. The zero-order chi connectivity index (χ0) is 21.2. The molecule has 0 heterocycles. The summed E-state index contributed by atoms with van der Waals surface area (Å²) in [6.07, 6.45) is 15.4. The second-order valence-electron chi connectivity index (χ2n) is 9.42. The van der Waals surface area contributed by atoms with Gasteiger partial charge in [0.1, 0.15) is 0 Å². The first-order valence-electron chi connectivity index (χ1n) is 11.7. The molecule has 2 atom stereocenters. The predicted octanol–water partition coefficient (Wildman–Crippen LogP) is 6.54. The van der Waals surface area contributed by atoms with Crippen molar-refractivity contribution in [1.82, 2.24) is 0 Å². The molecular formula is C28H40Si. The highest BCUT2D eigenvalue weighted by Crippen LogP contribution is 2.61. The van der Waals surface area contributed by atoms with Crippen molar-refractivity contribution < 1.29 is 0 Å². The van der Waals surface area contributed by atoms with Crippen molar-refractivity contribution in [2.75, 3.05) is 0 Å². The number of hydrogen-bond donors (Lipinski definition) is 0. The zero-order valence-corrected chi connectivity index (χ0v) is 21.2. The van der Waals surface area contributed by atoms with Gasteiger partial charge in [0, 0.05) is 10.8 Å². The van der Waals surface area contributed by atoms with Gasteiger partial charge in [-0.25, -0.2) is 0 Å². The smallest absolute Gasteiger partial charge is 0.0836 e. The molecule has 2 unspecified atom stereocenters. The Bertz CT molecular complexity index is 873. The van der Waals surface area contributed by atoms with Crippen LogP contribution in [0, 0.1) is 10.8 Å². The quantitative estimate of drug-likeness (QED) is 0.453. The highest BCUT2D eigenvalue weighted by molar-refractivity contribution is 6.62. The van der Waals surface area contributed by atoms with Crippen LogP contribution in [0.15, 0.2) is 64.4 Å². The first kappa shape index (κ1) is 22.1. The van der Waals surface area contributed by atoms with E-state index in [1.54, 1.807) is 27.1 Å². The van der Waals surface area contributed by atoms with Crippen LogP contribution in [-0.4, -0.2) is 9.52 Å². The van der Waals surface area contributed by atoms with Gasteiger partial charge in [-0.3, -0.25) is 0 Å². The fraction of sp³-hybridized carbons (Fsp3) is 0.500. The number of benzene rings is 1. The molecule has 0 aromatic heterocycles. The van der Waals surface area contributed by atoms with E-state index in [1.807, 2.05) is 0 Å². The van der Waals surface area contributed by atoms with Crippen LogP contribution in [0.2, 0.25) is 0 Å². The molecule has 0 saturated heterocycles. The van der Waals surface area contributed by atoms with Crippen molar-refractivity contribution in [1.29, 1.82) is 0 Å². The van der Waals surface area contributed by atoms with Crippen molar-refractivity contribution in [2.24, 2.45) is 10.8 Å². The lowest BCUT2D eigenvalue weighted by atomic mass is 9.57. The van der Waals surface area contributed by atoms with E-state index < -0.39 is 9.52 Å². The molecular weight excluding hydrogens is 364 g/mol. The van der Waals surface area contributed by atoms with Gasteiger partial charge in [0.25, 0.3) is 0 Å². The average molecular weight is 405 g/mol. The molecule has 2 aliphatic rings. The van der Waals surface area contributed by atoms with Crippen LogP contribution in [0.1, 0.15) is 78.9 Å². The Hall–Kier alpha value is -1.60. The zero-order valence-electron chi connectivity index (χ0n) is 19.8. The fourth-order valence-electron chi connectivity index (χ4n) is 5.94. The summed E-state index contributed by atoms with van der Waals surface area (Å²) in [5.41, 5.74) is 8.15. The molecule has 2 aliphatic carbocycles. The highest BCUT2D eigenvalue weighted by atomic mass is 28.2. The van der Waals surface area contributed by atoms with Gasteiger partial charge >= 0.3 is 0 Å². The maximum absolute atomic E-state index is 2.58. The average Bonchev–Trinajstić information content (AvgIpc) is 2.90. The largest absolute Gasteiger partial charge is 0.0839 e. The monoisotopic (exact) mass is 404 g/mol. The molecule has 0 bridgehead atoms. The lowest BCUT2D eigenvalue weighted by molar-refractivity contribution is 0.179. The van der Waals surface area contributed by atoms with E-state index in [0.717, 1.165) is 12.8 Å². The molecule has 1 aromatic carbocycles. The minimum absolute atomic E-state index is 0.152. The van der Waals surface area contributed by atoms with Gasteiger partial charge in [0.2, 0.25) is 0 Å². The summed E-state index contributed by atoms with van der Waals surface area (Å²) >= 11 is 0. The van der Waals surface area contributed by atoms with E-state index in [2.05, 4.69) is 91.0 Å². The van der Waals surface area contributed by atoms with E-state index in [-0.39, 0.29) is 10.8 Å². The van der Waals surface area contributed by atoms with Crippen molar-refractivity contribution in [2.45, 2.75) is 80.6 Å². The van der Waals surface area contributed by atoms with Crippen LogP contribution in [0.3, 0.4) is 0 Å². The van der Waals surface area contributed by atoms with Crippen LogP contribution in [0.4, 0.5) is 0 Å². The normalized spacial score (nSPS) is 27.1. The molecule has 0 aliphatic heterocycles. The number of aryl methyl sites for hydroxylation is 2. The second kappa shape index (κ2) is 8.64. The van der Waals surface area contributed by atoms with Crippen molar-refractivity contribution in [3.63, 3.8) is 0 Å². The number of hydrogen-bond acceptors (Lipinski definition) is 0. The molecule has 0 spiro atoms. The van der Waals surface area contributed by atoms with Crippen LogP contribution >= 0.6 is 0 Å². The Kier molecular flexibility index (Phi) is 6.58. The molecule has 0 saturated carbocycles. The van der Waals surface area contributed by atoms with Gasteiger partial charge in [0.05, 0.1) is 9.52 Å². The third kappa shape index (κ3) is 3.67. The van der Waals surface area contributed by atoms with E-state index in [9.17, 15) is 0 Å². The van der Waals surface area contributed by atoms with E-state index >= 15 is 0 Å². The van der Waals surface area contributed by atoms with Crippen LogP contribution in [0.5, 0.6) is 0 Å². The Morgan fingerprint density at radius 3 is 2.07 bits per heavy atom. The Morgan fingerprint density at radius 2 is 1.55 bits per heavy atom. The Labute approximate surface area is 181 Å². The Balaban J connectivity index is 2.12. The van der Waals surface area contributed by atoms with Gasteiger partial charge in [-0.15, -0.1) is 0 Å². The summed E-state index contributed by atoms with van der Waals surface area (Å²) in [6, 6.07) is 7.44. The molecule has 29 heavy (non-hydrogen) atoms. The van der Waals surface area contributed by atoms with Gasteiger partial charge in [0.15, 0.2) is 0 Å². The molecule has 0 radical (unpaired) electrons. The van der Waals surface area contributed by atoms with Gasteiger partial charge < -0.3 is 0 Å². The second-order valence-corrected chi connectivity index (χ2v) is 11.3. The maximum Gasteiger partial charge on any atom is 0.0839 e. The van der Waals surface area contributed by atoms with E-state index in [1.165, 1.54) is 30.4 Å². The standard InChI is InChI=1S/C28H40Si/c1-8-14-28(15-12-11-13-16-28)27(7)22(6)20(4)21(5)26(27)29-25-18-23(9-2)17-24(10-3)19-25/h11-13,15,17-19H,8-10,14,16,29H2,1-7H3. The predicted molar refractivity (Wildman–Crippen MR) is 133 cm³/mol. The van der Waals surface area contributed by atoms with Gasteiger partial charge in [-0.05, 0) is 63.2 Å². The lowest BCUT2D eigenvalue weighted by Crippen LogP contribution is -2.43. The molecule has 3 rings (SSSR count). The summed E-state index contributed by atoms with van der Waals surface area (Å²) in [4.78, 5) is 0. The number of allylic oxidation sites excluding steroid dienone is 8. The van der Waals surface area contributed by atoms with Crippen molar-refractivity contribution in [3.8, 4) is 0 Å². The molecule has 156 valence electrons. The summed E-state index contributed by atoms with van der Waals surface area (Å²) < 4.78 is 0. The third-order valence-electron chi connectivity index (χ3n) is 8.08. The summed E-state index contributed by atoms with van der Waals surface area (Å²) in [6.45, 7) is 16.7. The SMILES string of the molecule is CCCC1(C2(C)C(C)=C(C)C(C)=C2[SiH2]c2cc(CC)cc(CC)c2)C=CC=CC1. The molecule has 0 fully saturated rings. The van der Waals surface area contributed by atoms with Crippen LogP contribution in [0.25, 0.3) is 0 Å². The summed E-state index contributed by atoms with van der Waals surface area (Å²) in [5.74, 6) is 0. The summed E-state index contributed by atoms with van der Waals surface area (Å²) in [5, 5.41) is 3.42. The first-order valence-corrected chi connectivity index (χ1v) is 13.1. The van der Waals surface area contributed by atoms with Gasteiger partial charge in [-0.1, -0.05) is 98.1 Å². The van der Waals surface area contributed by atoms with Crippen LogP contribution < -0.4 is 5.19 Å². The minimum atomic E-state index is -0.531. The maximum atomic E-state index is 2.58. The molecule has 0 amide bonds. The third-order valence-corrected chi connectivity index (χ3v) is 10.5. The van der Waals surface area contributed by atoms with Gasteiger partial charge in [-0.2, -0.15) is 0 Å². The van der Waals surface area contributed by atoms with Crippen molar-refractivity contribution in [3.05, 3.63) is 75.5 Å². The van der Waals surface area contributed by atoms with E-state index in [0.29, 0.717) is 0 Å². The molecule has 0 N–H and O–H groups in total. The lowest BCUT2D eigenvalue weighted by Gasteiger charge is -2.49. The van der Waals surface area contributed by atoms with E-state index in [4.69, 9.17) is 0 Å². The number of rotatable bonds is 7. The molecule has 0 nitrogen and oxygen atoms in total. The summed E-state index contributed by atoms with van der Waals surface area (Å²) in [7, 11) is -0.531. The first-order chi connectivity index (χ1) is 13.8. The fourth-order valence-corrected chi connectivity index (χ4v) is 8.58. The Morgan fingerprint density at radius 1 is 0.897 bits per heavy atom. The molecule has 1 heteroatoms. The highest BCUT2D eigenvalue weighted by Gasteiger charge is 2.52. The topological polar surface area (TPSA) is 0 Å². The van der Waals surface area contributed by atoms with Crippen LogP contribution in [-0.2, 0) is 12.8 Å².